The fourth-order valence-electron chi connectivity index (χ4n) is 2.76. The normalized spacial score (nSPS) is 16.9. The van der Waals surface area contributed by atoms with E-state index >= 15 is 0 Å². The molecule has 2 aromatic heterocycles. The van der Waals surface area contributed by atoms with E-state index in [1.165, 1.54) is 13.2 Å². The second-order valence-electron chi connectivity index (χ2n) is 6.10. The molecular formula is C17H18F3N7O. The fraction of sp³-hybridized carbons (Fsp3) is 0.412. The Bertz CT molecular complexity index is 876. The van der Waals surface area contributed by atoms with Crippen molar-refractivity contribution in [2.75, 3.05) is 30.8 Å². The maximum absolute atomic E-state index is 13.0. The van der Waals surface area contributed by atoms with Crippen LogP contribution in [0, 0.1) is 11.3 Å². The molecule has 8 nitrogen and oxygen atoms in total. The Labute approximate surface area is 159 Å². The average molecular weight is 393 g/mol. The number of hydrogen-bond acceptors (Lipinski definition) is 8. The van der Waals surface area contributed by atoms with Gasteiger partial charge < -0.3 is 20.7 Å². The lowest BCUT2D eigenvalue weighted by Gasteiger charge is -2.24. The molecular weight excluding hydrogens is 375 g/mol. The largest absolute Gasteiger partial charge is 0.486 e. The number of piperidine rings is 1. The maximum Gasteiger partial charge on any atom is 0.421 e. The van der Waals surface area contributed by atoms with E-state index in [-0.39, 0.29) is 23.6 Å². The van der Waals surface area contributed by atoms with E-state index in [4.69, 9.17) is 4.74 Å². The van der Waals surface area contributed by atoms with Crippen LogP contribution in [-0.4, -0.2) is 41.2 Å². The fourth-order valence-corrected chi connectivity index (χ4v) is 2.76. The average Bonchev–Trinajstić information content (AvgIpc) is 2.68. The molecule has 0 bridgehead atoms. The number of alkyl halides is 3. The molecule has 148 valence electrons. The lowest BCUT2D eigenvalue weighted by molar-refractivity contribution is -0.137. The number of pyridine rings is 1. The highest BCUT2D eigenvalue weighted by atomic mass is 19.4. The molecule has 28 heavy (non-hydrogen) atoms. The lowest BCUT2D eigenvalue weighted by Crippen LogP contribution is -2.37. The van der Waals surface area contributed by atoms with Crippen molar-refractivity contribution < 1.29 is 17.9 Å². The number of rotatable bonds is 5. The molecule has 0 aliphatic carbocycles. The van der Waals surface area contributed by atoms with Crippen LogP contribution < -0.4 is 20.7 Å². The number of hydrogen-bond donors (Lipinski definition) is 3. The second-order valence-corrected chi connectivity index (χ2v) is 6.10. The second kappa shape index (κ2) is 8.26. The molecule has 11 heteroatoms. The first-order valence-electron chi connectivity index (χ1n) is 8.57. The summed E-state index contributed by atoms with van der Waals surface area (Å²) in [5.74, 6) is -0.104. The van der Waals surface area contributed by atoms with Crippen molar-refractivity contribution >= 4 is 17.5 Å². The Hall–Kier alpha value is -3.13. The predicted octanol–water partition coefficient (Wildman–Crippen LogP) is 2.68. The molecule has 0 aromatic carbocycles. The van der Waals surface area contributed by atoms with E-state index in [1.807, 2.05) is 6.07 Å². The number of anilines is 3. The van der Waals surface area contributed by atoms with Crippen molar-refractivity contribution in [1.29, 1.82) is 5.26 Å². The number of nitrogens with one attached hydrogen (secondary N) is 3. The topological polar surface area (TPSA) is 108 Å². The third-order valence-electron chi connectivity index (χ3n) is 4.09. The third-order valence-corrected chi connectivity index (χ3v) is 4.09. The molecule has 0 saturated carbocycles. The van der Waals surface area contributed by atoms with Crippen LogP contribution in [0.2, 0.25) is 0 Å². The standard InChI is InChI=1S/C17H18F3N7O/c1-22-15-12(17(18,19)20)9-25-16(27-15)26-10-5-14(13(6-21)24-7-10)28-11-3-2-4-23-8-11/h5,7,9,11,23H,2-4,8H2,1H3,(H2,22,25,26,27)/t11-/m1/s1. The molecule has 1 aliphatic rings. The Kier molecular flexibility index (Phi) is 5.79. The van der Waals surface area contributed by atoms with E-state index in [1.54, 1.807) is 6.07 Å². The SMILES string of the molecule is CNc1nc(Nc2cnc(C#N)c(O[C@@H]3CCCNC3)c2)ncc1C(F)(F)F. The van der Waals surface area contributed by atoms with Crippen molar-refractivity contribution in [3.05, 3.63) is 29.7 Å². The molecule has 0 radical (unpaired) electrons. The molecule has 0 amide bonds. The van der Waals surface area contributed by atoms with E-state index in [9.17, 15) is 18.4 Å². The van der Waals surface area contributed by atoms with E-state index in [0.29, 0.717) is 24.2 Å². The quantitative estimate of drug-likeness (QED) is 0.712. The summed E-state index contributed by atoms with van der Waals surface area (Å²) in [4.78, 5) is 11.6. The number of nitriles is 1. The molecule has 2 aromatic rings. The Morgan fingerprint density at radius 2 is 2.14 bits per heavy atom. The summed E-state index contributed by atoms with van der Waals surface area (Å²) in [5, 5.41) is 17.6. The van der Waals surface area contributed by atoms with E-state index in [0.717, 1.165) is 19.4 Å². The Balaban J connectivity index is 1.82. The molecule has 0 spiro atoms. The summed E-state index contributed by atoms with van der Waals surface area (Å²) in [7, 11) is 1.34. The van der Waals surface area contributed by atoms with Crippen LogP contribution in [0.5, 0.6) is 5.75 Å². The van der Waals surface area contributed by atoms with E-state index < -0.39 is 11.7 Å². The zero-order valence-electron chi connectivity index (χ0n) is 15.0. The van der Waals surface area contributed by atoms with Gasteiger partial charge in [-0.3, -0.25) is 0 Å². The molecule has 3 heterocycles. The van der Waals surface area contributed by atoms with Crippen LogP contribution in [0.15, 0.2) is 18.5 Å². The summed E-state index contributed by atoms with van der Waals surface area (Å²) < 4.78 is 44.7. The number of aromatic nitrogens is 3. The lowest BCUT2D eigenvalue weighted by atomic mass is 10.1. The molecule has 3 N–H and O–H groups in total. The van der Waals surface area contributed by atoms with Gasteiger partial charge in [0.15, 0.2) is 11.4 Å². The van der Waals surface area contributed by atoms with Crippen LogP contribution in [0.1, 0.15) is 24.1 Å². The van der Waals surface area contributed by atoms with Crippen LogP contribution >= 0.6 is 0 Å². The van der Waals surface area contributed by atoms with Gasteiger partial charge in [0.1, 0.15) is 23.6 Å². The van der Waals surface area contributed by atoms with Gasteiger partial charge in [-0.1, -0.05) is 0 Å². The van der Waals surface area contributed by atoms with Crippen molar-refractivity contribution in [1.82, 2.24) is 20.3 Å². The summed E-state index contributed by atoms with van der Waals surface area (Å²) in [6, 6.07) is 3.52. The third kappa shape index (κ3) is 4.58. The van der Waals surface area contributed by atoms with Gasteiger partial charge in [0.2, 0.25) is 5.95 Å². The molecule has 1 fully saturated rings. The molecule has 0 unspecified atom stereocenters. The van der Waals surface area contributed by atoms with Gasteiger partial charge in [-0.15, -0.1) is 0 Å². The smallest absolute Gasteiger partial charge is 0.421 e. The van der Waals surface area contributed by atoms with Gasteiger partial charge in [0.25, 0.3) is 0 Å². The first-order valence-corrected chi connectivity index (χ1v) is 8.57. The molecule has 1 saturated heterocycles. The number of ether oxygens (including phenoxy) is 1. The van der Waals surface area contributed by atoms with Crippen molar-refractivity contribution in [2.24, 2.45) is 0 Å². The van der Waals surface area contributed by atoms with Gasteiger partial charge in [-0.25, -0.2) is 9.97 Å². The van der Waals surface area contributed by atoms with Crippen molar-refractivity contribution in [3.63, 3.8) is 0 Å². The maximum atomic E-state index is 13.0. The molecule has 1 aliphatic heterocycles. The highest BCUT2D eigenvalue weighted by molar-refractivity contribution is 5.59. The van der Waals surface area contributed by atoms with Gasteiger partial charge in [0.05, 0.1) is 11.9 Å². The predicted molar refractivity (Wildman–Crippen MR) is 95.3 cm³/mol. The highest BCUT2D eigenvalue weighted by Crippen LogP contribution is 2.34. The van der Waals surface area contributed by atoms with Crippen LogP contribution in [-0.2, 0) is 6.18 Å². The minimum absolute atomic E-state index is 0.0471. The van der Waals surface area contributed by atoms with Crippen molar-refractivity contribution in [3.8, 4) is 11.8 Å². The zero-order valence-corrected chi connectivity index (χ0v) is 15.0. The van der Waals surface area contributed by atoms with Gasteiger partial charge >= 0.3 is 6.18 Å². The Morgan fingerprint density at radius 3 is 2.79 bits per heavy atom. The first kappa shape index (κ1) is 19.6. The minimum atomic E-state index is -4.57. The van der Waals surface area contributed by atoms with Crippen LogP contribution in [0.3, 0.4) is 0 Å². The monoisotopic (exact) mass is 393 g/mol. The van der Waals surface area contributed by atoms with Gasteiger partial charge in [-0.05, 0) is 19.4 Å². The zero-order chi connectivity index (χ0) is 20.1. The number of halogens is 3. The molecule has 1 atom stereocenters. The highest BCUT2D eigenvalue weighted by Gasteiger charge is 2.35. The van der Waals surface area contributed by atoms with E-state index in [2.05, 4.69) is 30.9 Å². The summed E-state index contributed by atoms with van der Waals surface area (Å²) in [6.45, 7) is 1.58. The summed E-state index contributed by atoms with van der Waals surface area (Å²) >= 11 is 0. The Morgan fingerprint density at radius 1 is 1.32 bits per heavy atom. The summed E-state index contributed by atoms with van der Waals surface area (Å²) in [6.07, 6.45) is -0.778. The van der Waals surface area contributed by atoms with Crippen LogP contribution in [0.25, 0.3) is 0 Å². The van der Waals surface area contributed by atoms with Gasteiger partial charge in [-0.2, -0.15) is 23.4 Å². The molecule has 3 rings (SSSR count). The van der Waals surface area contributed by atoms with Crippen LogP contribution in [0.4, 0.5) is 30.6 Å². The first-order chi connectivity index (χ1) is 13.4. The van der Waals surface area contributed by atoms with Crippen molar-refractivity contribution in [2.45, 2.75) is 25.1 Å². The summed E-state index contributed by atoms with van der Waals surface area (Å²) in [5.41, 5.74) is -0.452. The minimum Gasteiger partial charge on any atom is -0.486 e. The number of nitrogens with zero attached hydrogens (tertiary/aromatic N) is 4. The van der Waals surface area contributed by atoms with Gasteiger partial charge in [0, 0.05) is 25.9 Å².